The molecular formula is C22H25N3O2S. The Balaban J connectivity index is 1.46. The Bertz CT molecular complexity index is 1100. The van der Waals surface area contributed by atoms with Crippen molar-refractivity contribution in [1.82, 2.24) is 14.8 Å². The Labute approximate surface area is 168 Å². The number of carbonyl (C=O) groups excluding carboxylic acids is 1. The summed E-state index contributed by atoms with van der Waals surface area (Å²) in [5, 5.41) is 4.65. The summed E-state index contributed by atoms with van der Waals surface area (Å²) in [5.74, 6) is -0.0944. The summed E-state index contributed by atoms with van der Waals surface area (Å²) in [6.07, 6.45) is 7.76. The van der Waals surface area contributed by atoms with Gasteiger partial charge in [0.05, 0.1) is 15.8 Å². The van der Waals surface area contributed by atoms with Crippen LogP contribution >= 0.6 is 11.3 Å². The highest BCUT2D eigenvalue weighted by molar-refractivity contribution is 7.21. The van der Waals surface area contributed by atoms with E-state index in [9.17, 15) is 9.59 Å². The number of pyridine rings is 1. The molecule has 0 fully saturated rings. The minimum absolute atomic E-state index is 0.0572. The summed E-state index contributed by atoms with van der Waals surface area (Å²) in [4.78, 5) is 28.3. The van der Waals surface area contributed by atoms with E-state index in [0.29, 0.717) is 16.8 Å². The highest BCUT2D eigenvalue weighted by atomic mass is 32.1. The average molecular weight is 396 g/mol. The number of para-hydroxylation sites is 1. The fourth-order valence-corrected chi connectivity index (χ4v) is 4.87. The standard InChI is InChI=1S/C22H25N3O2S/c1-24-18-10-5-4-9-16(18)20-17(22(24)27)15-19(28-20)21(26)23-11-8-14-25-12-6-2-3-7-13-25/h2,4-6,9-10,15H,3,7-8,11-14H2,1H3,(H,23,26). The summed E-state index contributed by atoms with van der Waals surface area (Å²) in [7, 11) is 1.78. The maximum Gasteiger partial charge on any atom is 0.261 e. The number of amides is 1. The van der Waals surface area contributed by atoms with E-state index in [1.54, 1.807) is 17.7 Å². The highest BCUT2D eigenvalue weighted by Crippen LogP contribution is 2.30. The van der Waals surface area contributed by atoms with Gasteiger partial charge in [-0.05, 0) is 37.9 Å². The van der Waals surface area contributed by atoms with E-state index in [1.807, 2.05) is 24.3 Å². The second-order valence-corrected chi connectivity index (χ2v) is 8.31. The Kier molecular flexibility index (Phi) is 5.59. The van der Waals surface area contributed by atoms with Gasteiger partial charge in [-0.25, -0.2) is 0 Å². The molecule has 1 N–H and O–H groups in total. The number of hydrogen-bond donors (Lipinski definition) is 1. The number of aromatic nitrogens is 1. The van der Waals surface area contributed by atoms with E-state index in [0.717, 1.165) is 48.1 Å². The molecule has 5 nitrogen and oxygen atoms in total. The molecule has 0 saturated heterocycles. The molecule has 1 amide bonds. The van der Waals surface area contributed by atoms with Crippen LogP contribution in [-0.2, 0) is 7.05 Å². The van der Waals surface area contributed by atoms with Crippen LogP contribution in [0.2, 0.25) is 0 Å². The van der Waals surface area contributed by atoms with Crippen molar-refractivity contribution in [3.63, 3.8) is 0 Å². The third kappa shape index (κ3) is 3.75. The van der Waals surface area contributed by atoms with Crippen LogP contribution in [0.1, 0.15) is 28.9 Å². The Morgan fingerprint density at radius 1 is 1.21 bits per heavy atom. The number of hydrogen-bond acceptors (Lipinski definition) is 4. The van der Waals surface area contributed by atoms with Crippen LogP contribution in [0.3, 0.4) is 0 Å². The number of fused-ring (bicyclic) bond motifs is 3. The van der Waals surface area contributed by atoms with Gasteiger partial charge in [0, 0.05) is 36.8 Å². The van der Waals surface area contributed by atoms with Crippen molar-refractivity contribution in [2.45, 2.75) is 19.3 Å². The van der Waals surface area contributed by atoms with Crippen molar-refractivity contribution in [3.05, 3.63) is 57.7 Å². The zero-order valence-electron chi connectivity index (χ0n) is 16.1. The fraction of sp³-hybridized carbons (Fsp3) is 0.364. The quantitative estimate of drug-likeness (QED) is 0.531. The molecule has 2 aromatic heterocycles. The normalized spacial score (nSPS) is 15.2. The maximum atomic E-state index is 12.7. The first-order valence-electron chi connectivity index (χ1n) is 9.82. The number of nitrogens with one attached hydrogen (secondary N) is 1. The van der Waals surface area contributed by atoms with Crippen molar-refractivity contribution in [2.24, 2.45) is 7.05 Å². The lowest BCUT2D eigenvalue weighted by molar-refractivity contribution is 0.0956. The first-order valence-corrected chi connectivity index (χ1v) is 10.6. The third-order valence-corrected chi connectivity index (χ3v) is 6.48. The van der Waals surface area contributed by atoms with Crippen LogP contribution in [0.15, 0.2) is 47.3 Å². The molecule has 0 atom stereocenters. The number of rotatable bonds is 5. The lowest BCUT2D eigenvalue weighted by atomic mass is 10.2. The van der Waals surface area contributed by atoms with Crippen LogP contribution < -0.4 is 10.9 Å². The van der Waals surface area contributed by atoms with Gasteiger partial charge in [-0.1, -0.05) is 30.4 Å². The van der Waals surface area contributed by atoms with Gasteiger partial charge >= 0.3 is 0 Å². The number of allylic oxidation sites excluding steroid dienone is 1. The average Bonchev–Trinajstić information content (AvgIpc) is 3.01. The molecule has 6 heteroatoms. The van der Waals surface area contributed by atoms with Crippen LogP contribution in [0, 0.1) is 0 Å². The summed E-state index contributed by atoms with van der Waals surface area (Å²) in [5.41, 5.74) is 0.832. The summed E-state index contributed by atoms with van der Waals surface area (Å²) >= 11 is 1.40. The predicted octanol–water partition coefficient (Wildman–Crippen LogP) is 3.53. The molecule has 1 aliphatic heterocycles. The Morgan fingerprint density at radius 3 is 2.96 bits per heavy atom. The lowest BCUT2D eigenvalue weighted by Crippen LogP contribution is -2.30. The lowest BCUT2D eigenvalue weighted by Gasteiger charge is -2.18. The molecule has 0 unspecified atom stereocenters. The third-order valence-electron chi connectivity index (χ3n) is 5.31. The predicted molar refractivity (Wildman–Crippen MR) is 116 cm³/mol. The van der Waals surface area contributed by atoms with Gasteiger partial charge in [-0.3, -0.25) is 14.5 Å². The van der Waals surface area contributed by atoms with E-state index >= 15 is 0 Å². The van der Waals surface area contributed by atoms with E-state index in [-0.39, 0.29) is 11.5 Å². The number of aryl methyl sites for hydroxylation is 1. The molecular weight excluding hydrogens is 370 g/mol. The molecule has 3 aromatic rings. The minimum atomic E-state index is -0.0944. The summed E-state index contributed by atoms with van der Waals surface area (Å²) in [6.45, 7) is 3.75. The first kappa shape index (κ1) is 18.9. The SMILES string of the molecule is Cn1c(=O)c2cc(C(=O)NCCCN3CC=CCCC3)sc2c2ccccc21. The molecule has 0 spiro atoms. The highest BCUT2D eigenvalue weighted by Gasteiger charge is 2.16. The van der Waals surface area contributed by atoms with Gasteiger partial charge in [0.2, 0.25) is 0 Å². The smallest absolute Gasteiger partial charge is 0.261 e. The largest absolute Gasteiger partial charge is 0.351 e. The maximum absolute atomic E-state index is 12.7. The number of nitrogens with zero attached hydrogens (tertiary/aromatic N) is 2. The zero-order chi connectivity index (χ0) is 19.5. The van der Waals surface area contributed by atoms with Crippen molar-refractivity contribution < 1.29 is 4.79 Å². The Hall–Kier alpha value is -2.44. The topological polar surface area (TPSA) is 54.3 Å². The zero-order valence-corrected chi connectivity index (χ0v) is 16.9. The number of thiophene rings is 1. The molecule has 28 heavy (non-hydrogen) atoms. The van der Waals surface area contributed by atoms with Crippen LogP contribution in [-0.4, -0.2) is 41.6 Å². The molecule has 3 heterocycles. The van der Waals surface area contributed by atoms with Gasteiger partial charge in [-0.2, -0.15) is 0 Å². The van der Waals surface area contributed by atoms with Crippen LogP contribution in [0.5, 0.6) is 0 Å². The van der Waals surface area contributed by atoms with Crippen molar-refractivity contribution in [1.29, 1.82) is 0 Å². The summed E-state index contributed by atoms with van der Waals surface area (Å²) < 4.78 is 2.54. The number of benzene rings is 1. The first-order chi connectivity index (χ1) is 13.6. The fourth-order valence-electron chi connectivity index (χ4n) is 3.77. The van der Waals surface area contributed by atoms with E-state index in [2.05, 4.69) is 22.4 Å². The molecule has 0 aliphatic carbocycles. The molecule has 1 aromatic carbocycles. The van der Waals surface area contributed by atoms with Crippen LogP contribution in [0.4, 0.5) is 0 Å². The molecule has 0 bridgehead atoms. The molecule has 146 valence electrons. The Morgan fingerprint density at radius 2 is 2.07 bits per heavy atom. The van der Waals surface area contributed by atoms with Gasteiger partial charge in [-0.15, -0.1) is 11.3 Å². The summed E-state index contributed by atoms with van der Waals surface area (Å²) in [6, 6.07) is 9.57. The van der Waals surface area contributed by atoms with E-state index in [1.165, 1.54) is 17.8 Å². The molecule has 1 aliphatic rings. The minimum Gasteiger partial charge on any atom is -0.351 e. The van der Waals surface area contributed by atoms with Gasteiger partial charge in [0.25, 0.3) is 11.5 Å². The van der Waals surface area contributed by atoms with E-state index < -0.39 is 0 Å². The van der Waals surface area contributed by atoms with Gasteiger partial charge in [0.15, 0.2) is 0 Å². The van der Waals surface area contributed by atoms with Gasteiger partial charge in [0.1, 0.15) is 0 Å². The number of carbonyl (C=O) groups is 1. The molecule has 0 saturated carbocycles. The second-order valence-electron chi connectivity index (χ2n) is 7.26. The van der Waals surface area contributed by atoms with Gasteiger partial charge < -0.3 is 9.88 Å². The second kappa shape index (κ2) is 8.29. The molecule has 4 rings (SSSR count). The monoisotopic (exact) mass is 395 g/mol. The van der Waals surface area contributed by atoms with Crippen molar-refractivity contribution >= 4 is 38.2 Å². The van der Waals surface area contributed by atoms with Crippen molar-refractivity contribution in [3.8, 4) is 0 Å². The van der Waals surface area contributed by atoms with Crippen LogP contribution in [0.25, 0.3) is 21.0 Å². The molecule has 0 radical (unpaired) electrons. The van der Waals surface area contributed by atoms with E-state index in [4.69, 9.17) is 0 Å². The van der Waals surface area contributed by atoms with Crippen molar-refractivity contribution in [2.75, 3.05) is 26.2 Å².